The van der Waals surface area contributed by atoms with Crippen molar-refractivity contribution < 1.29 is 9.59 Å². The van der Waals surface area contributed by atoms with E-state index in [-0.39, 0.29) is 23.7 Å². The van der Waals surface area contributed by atoms with Crippen LogP contribution in [-0.2, 0) is 9.59 Å². The lowest BCUT2D eigenvalue weighted by molar-refractivity contribution is -0.142. The lowest BCUT2D eigenvalue weighted by Gasteiger charge is -2.36. The number of hydrogen-bond donors (Lipinski definition) is 1. The molecule has 0 aromatic carbocycles. The molecule has 3 heterocycles. The average molecular weight is 351 g/mol. The molecule has 3 saturated heterocycles. The molecule has 6 nitrogen and oxygen atoms in total. The number of nitrogens with zero attached hydrogens (tertiary/aromatic N) is 3. The zero-order chi connectivity index (χ0) is 17.8. The highest BCUT2D eigenvalue weighted by Gasteiger charge is 2.36. The van der Waals surface area contributed by atoms with Crippen LogP contribution in [0.4, 0.5) is 0 Å². The topological polar surface area (TPSA) is 55.9 Å². The monoisotopic (exact) mass is 350 g/mol. The first-order valence-electron chi connectivity index (χ1n) is 10.1. The Labute approximate surface area is 151 Å². The molecule has 1 N–H and O–H groups in total. The van der Waals surface area contributed by atoms with Gasteiger partial charge in [0.25, 0.3) is 0 Å². The van der Waals surface area contributed by atoms with E-state index in [2.05, 4.69) is 22.0 Å². The van der Waals surface area contributed by atoms with E-state index >= 15 is 0 Å². The van der Waals surface area contributed by atoms with Gasteiger partial charge in [-0.15, -0.1) is 0 Å². The number of piperazine rings is 1. The number of likely N-dealkylation sites (tertiary alicyclic amines) is 2. The molecule has 6 heteroatoms. The quantitative estimate of drug-likeness (QED) is 0.814. The Hall–Kier alpha value is -1.14. The smallest absolute Gasteiger partial charge is 0.227 e. The molecule has 3 fully saturated rings. The van der Waals surface area contributed by atoms with Gasteiger partial charge in [0.15, 0.2) is 0 Å². The summed E-state index contributed by atoms with van der Waals surface area (Å²) >= 11 is 0. The molecule has 3 aliphatic heterocycles. The van der Waals surface area contributed by atoms with Gasteiger partial charge in [-0.05, 0) is 25.7 Å². The summed E-state index contributed by atoms with van der Waals surface area (Å²) in [5, 5.41) is 3.39. The van der Waals surface area contributed by atoms with Gasteiger partial charge in [-0.2, -0.15) is 0 Å². The van der Waals surface area contributed by atoms with E-state index in [9.17, 15) is 9.59 Å². The van der Waals surface area contributed by atoms with Crippen molar-refractivity contribution in [2.24, 2.45) is 11.8 Å². The van der Waals surface area contributed by atoms with Crippen LogP contribution in [0.15, 0.2) is 0 Å². The van der Waals surface area contributed by atoms with Gasteiger partial charge in [0.2, 0.25) is 11.8 Å². The zero-order valence-electron chi connectivity index (χ0n) is 15.9. The summed E-state index contributed by atoms with van der Waals surface area (Å²) in [5.41, 5.74) is 0. The van der Waals surface area contributed by atoms with Crippen molar-refractivity contribution in [3.63, 3.8) is 0 Å². The summed E-state index contributed by atoms with van der Waals surface area (Å²) in [5.74, 6) is 0.570. The Bertz CT molecular complexity index is 478. The number of carbonyl (C=O) groups excluding carboxylic acids is 2. The lowest BCUT2D eigenvalue weighted by Crippen LogP contribution is -2.50. The largest absolute Gasteiger partial charge is 0.342 e. The molecule has 0 aromatic heterocycles. The van der Waals surface area contributed by atoms with Gasteiger partial charge in [-0.1, -0.05) is 13.8 Å². The Morgan fingerprint density at radius 3 is 2.52 bits per heavy atom. The molecule has 3 atom stereocenters. The summed E-state index contributed by atoms with van der Waals surface area (Å²) in [4.78, 5) is 32.0. The van der Waals surface area contributed by atoms with E-state index in [1.807, 2.05) is 11.8 Å². The molecule has 2 amide bonds. The SMILES string of the molecule is CCC(C)C(=O)N1CCCC(C(=O)N2CCC(N3CCNCC3)C2)C1. The predicted octanol–water partition coefficient (Wildman–Crippen LogP) is 0.777. The summed E-state index contributed by atoms with van der Waals surface area (Å²) in [6.45, 7) is 11.5. The van der Waals surface area contributed by atoms with E-state index in [4.69, 9.17) is 0 Å². The summed E-state index contributed by atoms with van der Waals surface area (Å²) in [7, 11) is 0. The van der Waals surface area contributed by atoms with Crippen LogP contribution in [0.3, 0.4) is 0 Å². The van der Waals surface area contributed by atoms with Crippen molar-refractivity contribution in [1.82, 2.24) is 20.0 Å². The first-order valence-corrected chi connectivity index (χ1v) is 10.1. The molecule has 3 unspecified atom stereocenters. The van der Waals surface area contributed by atoms with Gasteiger partial charge < -0.3 is 15.1 Å². The minimum atomic E-state index is 0.00327. The van der Waals surface area contributed by atoms with Crippen LogP contribution in [0.2, 0.25) is 0 Å². The van der Waals surface area contributed by atoms with E-state index in [0.29, 0.717) is 12.6 Å². The van der Waals surface area contributed by atoms with Gasteiger partial charge >= 0.3 is 0 Å². The van der Waals surface area contributed by atoms with Crippen molar-refractivity contribution >= 4 is 11.8 Å². The number of carbonyl (C=O) groups is 2. The van der Waals surface area contributed by atoms with Crippen LogP contribution in [0.1, 0.15) is 39.5 Å². The summed E-state index contributed by atoms with van der Waals surface area (Å²) in [6, 6.07) is 0.521. The van der Waals surface area contributed by atoms with Crippen LogP contribution in [0.5, 0.6) is 0 Å². The standard InChI is InChI=1S/C19H34N4O2/c1-3-15(2)18(24)22-9-4-5-16(13-22)19(25)23-10-6-17(14-23)21-11-7-20-8-12-21/h15-17,20H,3-14H2,1-2H3. The van der Waals surface area contributed by atoms with Gasteiger partial charge in [0, 0.05) is 64.3 Å². The molecular weight excluding hydrogens is 316 g/mol. The normalized spacial score (nSPS) is 29.7. The van der Waals surface area contributed by atoms with E-state index < -0.39 is 0 Å². The molecule has 0 bridgehead atoms. The third-order valence-electron chi connectivity index (χ3n) is 6.26. The number of rotatable bonds is 4. The van der Waals surface area contributed by atoms with Crippen molar-refractivity contribution in [2.75, 3.05) is 52.4 Å². The summed E-state index contributed by atoms with van der Waals surface area (Å²) < 4.78 is 0. The van der Waals surface area contributed by atoms with Gasteiger partial charge in [-0.3, -0.25) is 14.5 Å². The van der Waals surface area contributed by atoms with Crippen LogP contribution < -0.4 is 5.32 Å². The minimum Gasteiger partial charge on any atom is -0.342 e. The fraction of sp³-hybridized carbons (Fsp3) is 0.895. The highest BCUT2D eigenvalue weighted by Crippen LogP contribution is 2.24. The molecule has 0 saturated carbocycles. The van der Waals surface area contributed by atoms with E-state index in [1.165, 1.54) is 0 Å². The van der Waals surface area contributed by atoms with Crippen molar-refractivity contribution in [3.8, 4) is 0 Å². The fourth-order valence-corrected chi connectivity index (χ4v) is 4.41. The van der Waals surface area contributed by atoms with Crippen LogP contribution in [0, 0.1) is 11.8 Å². The van der Waals surface area contributed by atoms with Crippen molar-refractivity contribution in [1.29, 1.82) is 0 Å². The molecule has 0 spiro atoms. The maximum atomic E-state index is 13.0. The molecular formula is C19H34N4O2. The Morgan fingerprint density at radius 1 is 1.04 bits per heavy atom. The Kier molecular flexibility index (Phi) is 6.34. The van der Waals surface area contributed by atoms with E-state index in [0.717, 1.165) is 71.5 Å². The van der Waals surface area contributed by atoms with Crippen molar-refractivity contribution in [3.05, 3.63) is 0 Å². The minimum absolute atomic E-state index is 0.00327. The highest BCUT2D eigenvalue weighted by atomic mass is 16.2. The molecule has 142 valence electrons. The molecule has 0 aromatic rings. The van der Waals surface area contributed by atoms with Crippen LogP contribution in [-0.4, -0.2) is 84.9 Å². The maximum Gasteiger partial charge on any atom is 0.227 e. The number of nitrogens with one attached hydrogen (secondary N) is 1. The Balaban J connectivity index is 1.53. The first kappa shape index (κ1) is 18.6. The molecule has 25 heavy (non-hydrogen) atoms. The van der Waals surface area contributed by atoms with Crippen LogP contribution in [0.25, 0.3) is 0 Å². The zero-order valence-corrected chi connectivity index (χ0v) is 15.9. The van der Waals surface area contributed by atoms with Crippen LogP contribution >= 0.6 is 0 Å². The third kappa shape index (κ3) is 4.34. The highest BCUT2D eigenvalue weighted by molar-refractivity contribution is 5.82. The third-order valence-corrected chi connectivity index (χ3v) is 6.26. The average Bonchev–Trinajstić information content (AvgIpc) is 3.17. The summed E-state index contributed by atoms with van der Waals surface area (Å²) in [6.07, 6.45) is 3.84. The lowest BCUT2D eigenvalue weighted by atomic mass is 9.95. The van der Waals surface area contributed by atoms with Gasteiger partial charge in [0.1, 0.15) is 0 Å². The number of piperidine rings is 1. The fourth-order valence-electron chi connectivity index (χ4n) is 4.41. The number of hydrogen-bond acceptors (Lipinski definition) is 4. The van der Waals surface area contributed by atoms with E-state index in [1.54, 1.807) is 0 Å². The molecule has 0 aliphatic carbocycles. The van der Waals surface area contributed by atoms with Gasteiger partial charge in [0.05, 0.1) is 5.92 Å². The first-order chi connectivity index (χ1) is 12.1. The van der Waals surface area contributed by atoms with Gasteiger partial charge in [-0.25, -0.2) is 0 Å². The second-order valence-corrected chi connectivity index (χ2v) is 7.95. The second kappa shape index (κ2) is 8.49. The predicted molar refractivity (Wildman–Crippen MR) is 98.2 cm³/mol. The molecule has 0 radical (unpaired) electrons. The number of amides is 2. The second-order valence-electron chi connectivity index (χ2n) is 7.95. The molecule has 3 rings (SSSR count). The molecule has 3 aliphatic rings. The Morgan fingerprint density at radius 2 is 1.80 bits per heavy atom. The van der Waals surface area contributed by atoms with Crippen molar-refractivity contribution in [2.45, 2.75) is 45.6 Å². The maximum absolute atomic E-state index is 13.0.